The van der Waals surface area contributed by atoms with Gasteiger partial charge < -0.3 is 14.5 Å². The van der Waals surface area contributed by atoms with Crippen LogP contribution in [-0.2, 0) is 14.3 Å². The molecule has 1 fully saturated rings. The summed E-state index contributed by atoms with van der Waals surface area (Å²) in [4.78, 5) is 37.5. The topological polar surface area (TPSA) is 75.6 Å². The number of hydrogen-bond donors (Lipinski definition) is 0. The zero-order valence-corrected chi connectivity index (χ0v) is 17.0. The number of amides is 1. The number of ether oxygens (including phenoxy) is 1. The van der Waals surface area contributed by atoms with Crippen molar-refractivity contribution in [2.75, 3.05) is 38.2 Å². The van der Waals surface area contributed by atoms with Crippen LogP contribution >= 0.6 is 0 Å². The van der Waals surface area contributed by atoms with Crippen molar-refractivity contribution in [3.63, 3.8) is 0 Å². The molecule has 1 aliphatic heterocycles. The number of nitrogens with zero attached hydrogens (tertiary/aromatic N) is 4. The first-order chi connectivity index (χ1) is 14.7. The molecular formula is C23H24N4O3. The molecule has 3 aromatic rings. The first-order valence-electron chi connectivity index (χ1n) is 10.1. The largest absolute Gasteiger partial charge is 0.469 e. The van der Waals surface area contributed by atoms with Gasteiger partial charge in [-0.25, -0.2) is 9.97 Å². The Labute approximate surface area is 175 Å². The molecule has 4 rings (SSSR count). The average Bonchev–Trinajstić information content (AvgIpc) is 2.82. The van der Waals surface area contributed by atoms with Crippen LogP contribution in [0.5, 0.6) is 0 Å². The molecule has 7 nitrogen and oxygen atoms in total. The summed E-state index contributed by atoms with van der Waals surface area (Å²) in [6.45, 7) is 2.50. The van der Waals surface area contributed by atoms with E-state index in [9.17, 15) is 9.59 Å². The van der Waals surface area contributed by atoms with Crippen LogP contribution in [-0.4, -0.2) is 60.0 Å². The zero-order chi connectivity index (χ0) is 20.9. The third-order valence-corrected chi connectivity index (χ3v) is 5.30. The molecule has 30 heavy (non-hydrogen) atoms. The molecule has 1 aromatic heterocycles. The number of esters is 1. The highest BCUT2D eigenvalue weighted by Crippen LogP contribution is 2.30. The molecule has 0 bridgehead atoms. The minimum absolute atomic E-state index is 0.0204. The van der Waals surface area contributed by atoms with Crippen molar-refractivity contribution in [3.05, 3.63) is 54.6 Å². The first-order valence-corrected chi connectivity index (χ1v) is 10.1. The minimum Gasteiger partial charge on any atom is -0.469 e. The molecule has 2 heterocycles. The van der Waals surface area contributed by atoms with Crippen LogP contribution in [0.15, 0.2) is 54.6 Å². The Kier molecular flexibility index (Phi) is 5.88. The van der Waals surface area contributed by atoms with Gasteiger partial charge in [0.25, 0.3) is 0 Å². The standard InChI is InChI=1S/C23H24N4O3/c1-30-21(29)12-11-20(28)26-13-15-27(16-14-26)23-22(17-7-3-2-4-8-17)24-18-9-5-6-10-19(18)25-23/h2-10H,11-16H2,1H3. The van der Waals surface area contributed by atoms with Gasteiger partial charge in [-0.3, -0.25) is 9.59 Å². The number of methoxy groups -OCH3 is 1. The number of benzene rings is 2. The molecule has 0 atom stereocenters. The van der Waals surface area contributed by atoms with E-state index in [0.29, 0.717) is 26.2 Å². The van der Waals surface area contributed by atoms with Gasteiger partial charge in [-0.05, 0) is 12.1 Å². The van der Waals surface area contributed by atoms with Crippen molar-refractivity contribution in [1.29, 1.82) is 0 Å². The lowest BCUT2D eigenvalue weighted by atomic mass is 10.1. The molecule has 7 heteroatoms. The van der Waals surface area contributed by atoms with E-state index in [2.05, 4.69) is 9.64 Å². The first kappa shape index (κ1) is 19.8. The predicted molar refractivity (Wildman–Crippen MR) is 115 cm³/mol. The SMILES string of the molecule is COC(=O)CCC(=O)N1CCN(c2nc3ccccc3nc2-c2ccccc2)CC1. The van der Waals surface area contributed by atoms with E-state index in [1.807, 2.05) is 54.6 Å². The molecule has 0 saturated carbocycles. The molecule has 0 aliphatic carbocycles. The highest BCUT2D eigenvalue weighted by atomic mass is 16.5. The van der Waals surface area contributed by atoms with Crippen LogP contribution in [0.3, 0.4) is 0 Å². The van der Waals surface area contributed by atoms with E-state index in [1.54, 1.807) is 4.90 Å². The Morgan fingerprint density at radius 3 is 2.17 bits per heavy atom. The maximum Gasteiger partial charge on any atom is 0.306 e. The zero-order valence-electron chi connectivity index (χ0n) is 17.0. The highest BCUT2D eigenvalue weighted by molar-refractivity contribution is 5.84. The number of fused-ring (bicyclic) bond motifs is 1. The van der Waals surface area contributed by atoms with Gasteiger partial charge in [0.2, 0.25) is 5.91 Å². The average molecular weight is 404 g/mol. The van der Waals surface area contributed by atoms with E-state index in [0.717, 1.165) is 28.1 Å². The number of rotatable bonds is 5. The van der Waals surface area contributed by atoms with E-state index >= 15 is 0 Å². The van der Waals surface area contributed by atoms with Crippen LogP contribution in [0.4, 0.5) is 5.82 Å². The van der Waals surface area contributed by atoms with Crippen molar-refractivity contribution in [1.82, 2.24) is 14.9 Å². The van der Waals surface area contributed by atoms with Gasteiger partial charge in [-0.2, -0.15) is 0 Å². The molecule has 0 radical (unpaired) electrons. The molecule has 0 N–H and O–H groups in total. The van der Waals surface area contributed by atoms with E-state index in [-0.39, 0.29) is 24.7 Å². The van der Waals surface area contributed by atoms with Gasteiger partial charge >= 0.3 is 5.97 Å². The van der Waals surface area contributed by atoms with Crippen molar-refractivity contribution >= 4 is 28.7 Å². The normalized spacial score (nSPS) is 14.0. The summed E-state index contributed by atoms with van der Waals surface area (Å²) in [6, 6.07) is 17.9. The molecule has 2 aromatic carbocycles. The number of hydrogen-bond acceptors (Lipinski definition) is 6. The Hall–Kier alpha value is -3.48. The maximum atomic E-state index is 12.4. The van der Waals surface area contributed by atoms with Crippen molar-refractivity contribution in [2.24, 2.45) is 0 Å². The van der Waals surface area contributed by atoms with Gasteiger partial charge in [0.15, 0.2) is 5.82 Å². The van der Waals surface area contributed by atoms with Gasteiger partial charge in [-0.15, -0.1) is 0 Å². The van der Waals surface area contributed by atoms with Gasteiger partial charge in [-0.1, -0.05) is 42.5 Å². The fraction of sp³-hybridized carbons (Fsp3) is 0.304. The second-order valence-electron chi connectivity index (χ2n) is 7.19. The maximum absolute atomic E-state index is 12.4. The fourth-order valence-electron chi connectivity index (χ4n) is 3.64. The van der Waals surface area contributed by atoms with Crippen molar-refractivity contribution in [3.8, 4) is 11.3 Å². The summed E-state index contributed by atoms with van der Waals surface area (Å²) in [6.07, 6.45) is 0.293. The number of anilines is 1. The minimum atomic E-state index is -0.360. The van der Waals surface area contributed by atoms with Crippen LogP contribution < -0.4 is 4.90 Å². The lowest BCUT2D eigenvalue weighted by Gasteiger charge is -2.36. The third kappa shape index (κ3) is 4.25. The second-order valence-corrected chi connectivity index (χ2v) is 7.19. The van der Waals surface area contributed by atoms with E-state index in [1.165, 1.54) is 7.11 Å². The predicted octanol–water partition coefficient (Wildman–Crippen LogP) is 2.90. The Morgan fingerprint density at radius 1 is 0.867 bits per heavy atom. The Balaban J connectivity index is 1.55. The molecule has 0 spiro atoms. The van der Waals surface area contributed by atoms with Crippen LogP contribution in [0.2, 0.25) is 0 Å². The quantitative estimate of drug-likeness (QED) is 0.609. The van der Waals surface area contributed by atoms with Crippen LogP contribution in [0.25, 0.3) is 22.3 Å². The number of aromatic nitrogens is 2. The van der Waals surface area contributed by atoms with Crippen molar-refractivity contribution < 1.29 is 14.3 Å². The Bertz CT molecular complexity index is 1050. The highest BCUT2D eigenvalue weighted by Gasteiger charge is 2.25. The molecule has 1 amide bonds. The number of carbonyl (C=O) groups is 2. The lowest BCUT2D eigenvalue weighted by Crippen LogP contribution is -2.49. The summed E-state index contributed by atoms with van der Waals surface area (Å²) >= 11 is 0. The number of piperazine rings is 1. The van der Waals surface area contributed by atoms with Gasteiger partial charge in [0, 0.05) is 38.2 Å². The summed E-state index contributed by atoms with van der Waals surface area (Å²) in [5.74, 6) is 0.454. The van der Waals surface area contributed by atoms with Crippen molar-refractivity contribution in [2.45, 2.75) is 12.8 Å². The van der Waals surface area contributed by atoms with Gasteiger partial charge in [0.05, 0.1) is 24.6 Å². The summed E-state index contributed by atoms with van der Waals surface area (Å²) in [5.41, 5.74) is 3.57. The van der Waals surface area contributed by atoms with E-state index in [4.69, 9.17) is 9.97 Å². The number of para-hydroxylation sites is 2. The number of carbonyl (C=O) groups excluding carboxylic acids is 2. The third-order valence-electron chi connectivity index (χ3n) is 5.30. The second kappa shape index (κ2) is 8.90. The van der Waals surface area contributed by atoms with Gasteiger partial charge in [0.1, 0.15) is 5.69 Å². The molecule has 0 unspecified atom stereocenters. The monoisotopic (exact) mass is 404 g/mol. The molecule has 154 valence electrons. The smallest absolute Gasteiger partial charge is 0.306 e. The summed E-state index contributed by atoms with van der Waals surface area (Å²) < 4.78 is 4.62. The molecular weight excluding hydrogens is 380 g/mol. The van der Waals surface area contributed by atoms with Crippen LogP contribution in [0.1, 0.15) is 12.8 Å². The lowest BCUT2D eigenvalue weighted by molar-refractivity contribution is -0.143. The molecule has 1 aliphatic rings. The fourth-order valence-corrected chi connectivity index (χ4v) is 3.64. The van der Waals surface area contributed by atoms with Crippen LogP contribution in [0, 0.1) is 0 Å². The Morgan fingerprint density at radius 2 is 1.50 bits per heavy atom. The summed E-state index contributed by atoms with van der Waals surface area (Å²) in [5, 5.41) is 0. The van der Waals surface area contributed by atoms with E-state index < -0.39 is 0 Å². The molecule has 1 saturated heterocycles. The summed E-state index contributed by atoms with van der Waals surface area (Å²) in [7, 11) is 1.33.